The first-order chi connectivity index (χ1) is 10.8. The van der Waals surface area contributed by atoms with E-state index in [1.54, 1.807) is 0 Å². The predicted octanol–water partition coefficient (Wildman–Crippen LogP) is 3.12. The number of carbonyl (C=O) groups is 1. The summed E-state index contributed by atoms with van der Waals surface area (Å²) in [4.78, 5) is 14.2. The van der Waals surface area contributed by atoms with Gasteiger partial charge in [0.1, 0.15) is 5.75 Å². The van der Waals surface area contributed by atoms with E-state index in [1.165, 1.54) is 0 Å². The third kappa shape index (κ3) is 5.68. The minimum atomic E-state index is -0.0281. The van der Waals surface area contributed by atoms with Gasteiger partial charge in [-0.1, -0.05) is 18.2 Å². The van der Waals surface area contributed by atoms with Gasteiger partial charge in [-0.25, -0.2) is 0 Å². The standard InChI is InChI=1S/C18H27NO3/c1-2-21-18(20)16-9-8-13-19(15-16)12-6-7-14-22-17-10-4-3-5-11-17/h3-5,10-11,16H,2,6-9,12-15H2,1H3. The molecule has 1 aromatic rings. The highest BCUT2D eigenvalue weighted by Crippen LogP contribution is 2.18. The molecule has 0 spiro atoms. The summed E-state index contributed by atoms with van der Waals surface area (Å²) in [6.45, 7) is 6.07. The van der Waals surface area contributed by atoms with Gasteiger partial charge >= 0.3 is 5.97 Å². The maximum Gasteiger partial charge on any atom is 0.310 e. The summed E-state index contributed by atoms with van der Waals surface area (Å²) in [6, 6.07) is 9.92. The number of rotatable bonds is 8. The normalized spacial score (nSPS) is 18.9. The number of esters is 1. The number of benzene rings is 1. The molecule has 1 fully saturated rings. The van der Waals surface area contributed by atoms with Crippen molar-refractivity contribution in [3.63, 3.8) is 0 Å². The van der Waals surface area contributed by atoms with E-state index >= 15 is 0 Å². The van der Waals surface area contributed by atoms with Crippen molar-refractivity contribution in [3.05, 3.63) is 30.3 Å². The van der Waals surface area contributed by atoms with E-state index < -0.39 is 0 Å². The highest BCUT2D eigenvalue weighted by molar-refractivity contribution is 5.72. The van der Waals surface area contributed by atoms with Crippen LogP contribution in [0.4, 0.5) is 0 Å². The Morgan fingerprint density at radius 1 is 1.27 bits per heavy atom. The minimum absolute atomic E-state index is 0.0281. The molecule has 1 aromatic carbocycles. The molecule has 0 aromatic heterocycles. The summed E-state index contributed by atoms with van der Waals surface area (Å²) in [5.41, 5.74) is 0. The summed E-state index contributed by atoms with van der Waals surface area (Å²) in [5, 5.41) is 0. The largest absolute Gasteiger partial charge is 0.494 e. The van der Waals surface area contributed by atoms with Crippen LogP contribution in [0.15, 0.2) is 30.3 Å². The number of para-hydroxylation sites is 1. The second kappa shape index (κ2) is 9.46. The molecule has 4 nitrogen and oxygen atoms in total. The molecule has 0 bridgehead atoms. The molecule has 0 saturated carbocycles. The highest BCUT2D eigenvalue weighted by atomic mass is 16.5. The molecule has 4 heteroatoms. The topological polar surface area (TPSA) is 38.8 Å². The van der Waals surface area contributed by atoms with E-state index in [9.17, 15) is 4.79 Å². The van der Waals surface area contributed by atoms with E-state index in [0.717, 1.165) is 57.7 Å². The number of ether oxygens (including phenoxy) is 2. The van der Waals surface area contributed by atoms with Gasteiger partial charge in [-0.05, 0) is 57.8 Å². The van der Waals surface area contributed by atoms with Gasteiger partial charge in [-0.2, -0.15) is 0 Å². The maximum atomic E-state index is 11.8. The molecule has 1 heterocycles. The molecule has 1 unspecified atom stereocenters. The number of unbranched alkanes of at least 4 members (excludes halogenated alkanes) is 1. The van der Waals surface area contributed by atoms with Crippen molar-refractivity contribution in [2.75, 3.05) is 32.8 Å². The van der Waals surface area contributed by atoms with E-state index in [0.29, 0.717) is 6.61 Å². The second-order valence-corrected chi connectivity index (χ2v) is 5.76. The molecule has 0 radical (unpaired) electrons. The molecule has 2 rings (SSSR count). The number of hydrogen-bond donors (Lipinski definition) is 0. The van der Waals surface area contributed by atoms with Gasteiger partial charge in [-0.15, -0.1) is 0 Å². The van der Waals surface area contributed by atoms with Gasteiger partial charge in [0, 0.05) is 6.54 Å². The quantitative estimate of drug-likeness (QED) is 0.546. The highest BCUT2D eigenvalue weighted by Gasteiger charge is 2.26. The Hall–Kier alpha value is -1.55. The van der Waals surface area contributed by atoms with Gasteiger partial charge in [0.05, 0.1) is 19.1 Å². The molecule has 1 aliphatic heterocycles. The number of hydrogen-bond acceptors (Lipinski definition) is 4. The van der Waals surface area contributed by atoms with Crippen molar-refractivity contribution in [1.82, 2.24) is 4.90 Å². The molecule has 122 valence electrons. The summed E-state index contributed by atoms with van der Waals surface area (Å²) >= 11 is 0. The predicted molar refractivity (Wildman–Crippen MR) is 87.0 cm³/mol. The fourth-order valence-corrected chi connectivity index (χ4v) is 2.86. The Bertz CT molecular complexity index is 435. The zero-order valence-electron chi connectivity index (χ0n) is 13.5. The molecular weight excluding hydrogens is 278 g/mol. The molecule has 0 amide bonds. The Balaban J connectivity index is 1.59. The van der Waals surface area contributed by atoms with Gasteiger partial charge in [0.2, 0.25) is 0 Å². The third-order valence-electron chi connectivity index (χ3n) is 4.01. The fraction of sp³-hybridized carbons (Fsp3) is 0.611. The van der Waals surface area contributed by atoms with Crippen LogP contribution in [0.2, 0.25) is 0 Å². The van der Waals surface area contributed by atoms with Gasteiger partial charge in [0.15, 0.2) is 0 Å². The van der Waals surface area contributed by atoms with Crippen molar-refractivity contribution in [3.8, 4) is 5.75 Å². The first kappa shape index (κ1) is 16.8. The van der Waals surface area contributed by atoms with Gasteiger partial charge < -0.3 is 14.4 Å². The van der Waals surface area contributed by atoms with Crippen molar-refractivity contribution < 1.29 is 14.3 Å². The lowest BCUT2D eigenvalue weighted by Crippen LogP contribution is -2.39. The SMILES string of the molecule is CCOC(=O)C1CCCN(CCCCOc2ccccc2)C1. The molecular formula is C18H27NO3. The van der Waals surface area contributed by atoms with Gasteiger partial charge in [0.25, 0.3) is 0 Å². The number of nitrogens with zero attached hydrogens (tertiary/aromatic N) is 1. The zero-order valence-corrected chi connectivity index (χ0v) is 13.5. The van der Waals surface area contributed by atoms with Crippen molar-refractivity contribution in [2.45, 2.75) is 32.6 Å². The molecule has 0 aliphatic carbocycles. The van der Waals surface area contributed by atoms with Crippen LogP contribution in [-0.2, 0) is 9.53 Å². The van der Waals surface area contributed by atoms with Crippen LogP contribution in [-0.4, -0.2) is 43.7 Å². The number of piperidine rings is 1. The van der Waals surface area contributed by atoms with Crippen LogP contribution in [0.3, 0.4) is 0 Å². The smallest absolute Gasteiger partial charge is 0.310 e. The summed E-state index contributed by atoms with van der Waals surface area (Å²) in [6.07, 6.45) is 4.19. The van der Waals surface area contributed by atoms with Gasteiger partial charge in [-0.3, -0.25) is 4.79 Å². The van der Waals surface area contributed by atoms with E-state index in [1.807, 2.05) is 37.3 Å². The monoisotopic (exact) mass is 305 g/mol. The Kier molecular flexibility index (Phi) is 7.23. The zero-order chi connectivity index (χ0) is 15.6. The molecule has 1 aliphatic rings. The van der Waals surface area contributed by atoms with Crippen LogP contribution in [0.5, 0.6) is 5.75 Å². The average Bonchev–Trinajstić information content (AvgIpc) is 2.56. The van der Waals surface area contributed by atoms with Crippen molar-refractivity contribution >= 4 is 5.97 Å². The van der Waals surface area contributed by atoms with Crippen LogP contribution < -0.4 is 4.74 Å². The summed E-state index contributed by atoms with van der Waals surface area (Å²) in [5.74, 6) is 0.969. The average molecular weight is 305 g/mol. The molecule has 22 heavy (non-hydrogen) atoms. The summed E-state index contributed by atoms with van der Waals surface area (Å²) in [7, 11) is 0. The van der Waals surface area contributed by atoms with Crippen LogP contribution in [0.25, 0.3) is 0 Å². The van der Waals surface area contributed by atoms with Crippen LogP contribution in [0, 0.1) is 5.92 Å². The van der Waals surface area contributed by atoms with E-state index in [-0.39, 0.29) is 11.9 Å². The van der Waals surface area contributed by atoms with Crippen LogP contribution >= 0.6 is 0 Å². The Morgan fingerprint density at radius 2 is 2.09 bits per heavy atom. The third-order valence-corrected chi connectivity index (χ3v) is 4.01. The van der Waals surface area contributed by atoms with Crippen LogP contribution in [0.1, 0.15) is 32.6 Å². The van der Waals surface area contributed by atoms with Crippen molar-refractivity contribution in [2.24, 2.45) is 5.92 Å². The lowest BCUT2D eigenvalue weighted by Gasteiger charge is -2.31. The first-order valence-corrected chi connectivity index (χ1v) is 8.36. The number of likely N-dealkylation sites (tertiary alicyclic amines) is 1. The minimum Gasteiger partial charge on any atom is -0.494 e. The fourth-order valence-electron chi connectivity index (χ4n) is 2.86. The number of carbonyl (C=O) groups excluding carboxylic acids is 1. The Morgan fingerprint density at radius 3 is 2.86 bits per heavy atom. The lowest BCUT2D eigenvalue weighted by molar-refractivity contribution is -0.149. The first-order valence-electron chi connectivity index (χ1n) is 8.36. The molecule has 0 N–H and O–H groups in total. The van der Waals surface area contributed by atoms with E-state index in [2.05, 4.69) is 4.90 Å². The maximum absolute atomic E-state index is 11.8. The molecule has 1 atom stereocenters. The Labute approximate surface area is 133 Å². The van der Waals surface area contributed by atoms with E-state index in [4.69, 9.17) is 9.47 Å². The molecule has 1 saturated heterocycles. The second-order valence-electron chi connectivity index (χ2n) is 5.76. The van der Waals surface area contributed by atoms with Crippen molar-refractivity contribution in [1.29, 1.82) is 0 Å². The summed E-state index contributed by atoms with van der Waals surface area (Å²) < 4.78 is 10.8. The lowest BCUT2D eigenvalue weighted by atomic mass is 9.98.